The second kappa shape index (κ2) is 6.33. The lowest BCUT2D eigenvalue weighted by Gasteiger charge is -2.27. The highest BCUT2D eigenvalue weighted by Crippen LogP contribution is 2.34. The fourth-order valence-corrected chi connectivity index (χ4v) is 3.65. The Morgan fingerprint density at radius 2 is 2.00 bits per heavy atom. The Balaban J connectivity index is 1.71. The van der Waals surface area contributed by atoms with Crippen LogP contribution >= 0.6 is 0 Å². The molecule has 7 heteroatoms. The molecule has 0 spiro atoms. The van der Waals surface area contributed by atoms with Crippen molar-refractivity contribution in [2.75, 3.05) is 13.2 Å². The van der Waals surface area contributed by atoms with E-state index in [-0.39, 0.29) is 23.9 Å². The molecule has 0 bridgehead atoms. The summed E-state index contributed by atoms with van der Waals surface area (Å²) in [4.78, 5) is -0.0597. The van der Waals surface area contributed by atoms with E-state index >= 15 is 0 Å². The Morgan fingerprint density at radius 3 is 2.79 bits per heavy atom. The number of hydrogen-bond donors (Lipinski definition) is 1. The molecule has 0 saturated carbocycles. The van der Waals surface area contributed by atoms with Gasteiger partial charge in [-0.15, -0.1) is 0 Å². The first-order valence-corrected chi connectivity index (χ1v) is 8.86. The number of para-hydroxylation sites is 1. The maximum absolute atomic E-state index is 12.3. The molecule has 6 nitrogen and oxygen atoms in total. The fraction of sp³-hybridized carbons (Fsp3) is 0.294. The van der Waals surface area contributed by atoms with E-state index in [0.29, 0.717) is 17.1 Å². The second-order valence-corrected chi connectivity index (χ2v) is 7.23. The lowest BCUT2D eigenvalue weighted by molar-refractivity contribution is 0.0549. The molecule has 3 rings (SSSR count). The maximum atomic E-state index is 12.3. The third-order valence-electron chi connectivity index (χ3n) is 3.73. The van der Waals surface area contributed by atoms with Gasteiger partial charge in [0.25, 0.3) is 10.1 Å². The van der Waals surface area contributed by atoms with Gasteiger partial charge in [-0.1, -0.05) is 18.2 Å². The third kappa shape index (κ3) is 3.32. The van der Waals surface area contributed by atoms with Crippen molar-refractivity contribution in [2.45, 2.75) is 24.8 Å². The van der Waals surface area contributed by atoms with Crippen molar-refractivity contribution >= 4 is 10.1 Å². The quantitative estimate of drug-likeness (QED) is 0.854. The SMILES string of the molecule is Cc1ccc(O)cc1S(=O)(=O)OCC1COc2c(C)cccc2O1. The number of fused-ring (bicyclic) bond motifs is 1. The Hall–Kier alpha value is -2.25. The summed E-state index contributed by atoms with van der Waals surface area (Å²) in [6, 6.07) is 9.63. The Labute approximate surface area is 140 Å². The second-order valence-electron chi connectivity index (χ2n) is 5.64. The fourth-order valence-electron chi connectivity index (χ4n) is 2.46. The van der Waals surface area contributed by atoms with Crippen LogP contribution in [0.1, 0.15) is 11.1 Å². The first kappa shape index (κ1) is 16.6. The third-order valence-corrected chi connectivity index (χ3v) is 5.16. The zero-order valence-corrected chi connectivity index (χ0v) is 14.2. The molecule has 2 aromatic carbocycles. The monoisotopic (exact) mass is 350 g/mol. The summed E-state index contributed by atoms with van der Waals surface area (Å²) in [7, 11) is -3.99. The van der Waals surface area contributed by atoms with Crippen LogP contribution in [0.4, 0.5) is 0 Å². The Bertz CT molecular complexity index is 859. The molecule has 128 valence electrons. The van der Waals surface area contributed by atoms with E-state index in [1.165, 1.54) is 18.2 Å². The number of aryl methyl sites for hydroxylation is 2. The average Bonchev–Trinajstić information content (AvgIpc) is 2.55. The Morgan fingerprint density at radius 1 is 1.21 bits per heavy atom. The van der Waals surface area contributed by atoms with Gasteiger partial charge in [-0.2, -0.15) is 8.42 Å². The molecule has 0 saturated heterocycles. The molecule has 1 unspecified atom stereocenters. The van der Waals surface area contributed by atoms with Crippen molar-refractivity contribution in [3.05, 3.63) is 47.5 Å². The van der Waals surface area contributed by atoms with Crippen LogP contribution in [0.25, 0.3) is 0 Å². The summed E-state index contributed by atoms with van der Waals surface area (Å²) in [6.45, 7) is 3.57. The topological polar surface area (TPSA) is 82.1 Å². The van der Waals surface area contributed by atoms with Crippen LogP contribution < -0.4 is 9.47 Å². The summed E-state index contributed by atoms with van der Waals surface area (Å²) in [5, 5.41) is 9.49. The maximum Gasteiger partial charge on any atom is 0.297 e. The van der Waals surface area contributed by atoms with Crippen molar-refractivity contribution in [3.8, 4) is 17.2 Å². The normalized spacial score (nSPS) is 16.8. The molecule has 1 heterocycles. The highest BCUT2D eigenvalue weighted by Gasteiger charge is 2.26. The summed E-state index contributed by atoms with van der Waals surface area (Å²) in [5.74, 6) is 1.10. The van der Waals surface area contributed by atoms with Crippen LogP contribution in [0.15, 0.2) is 41.3 Å². The highest BCUT2D eigenvalue weighted by molar-refractivity contribution is 7.86. The van der Waals surface area contributed by atoms with Gasteiger partial charge in [0.1, 0.15) is 23.9 Å². The number of rotatable bonds is 4. The van der Waals surface area contributed by atoms with Gasteiger partial charge in [0, 0.05) is 6.07 Å². The van der Waals surface area contributed by atoms with E-state index < -0.39 is 16.2 Å². The van der Waals surface area contributed by atoms with Crippen LogP contribution in [-0.4, -0.2) is 32.8 Å². The van der Waals surface area contributed by atoms with Crippen LogP contribution in [0.3, 0.4) is 0 Å². The van der Waals surface area contributed by atoms with E-state index in [0.717, 1.165) is 5.56 Å². The van der Waals surface area contributed by atoms with Crippen molar-refractivity contribution < 1.29 is 27.2 Å². The molecule has 24 heavy (non-hydrogen) atoms. The van der Waals surface area contributed by atoms with Gasteiger partial charge < -0.3 is 14.6 Å². The van der Waals surface area contributed by atoms with Crippen LogP contribution in [-0.2, 0) is 14.3 Å². The van der Waals surface area contributed by atoms with Crippen LogP contribution in [0.5, 0.6) is 17.2 Å². The molecular weight excluding hydrogens is 332 g/mol. The first-order chi connectivity index (χ1) is 11.4. The average molecular weight is 350 g/mol. The van der Waals surface area contributed by atoms with Gasteiger partial charge in [-0.3, -0.25) is 4.18 Å². The van der Waals surface area contributed by atoms with Gasteiger partial charge in [0.2, 0.25) is 0 Å². The molecule has 0 aliphatic carbocycles. The molecule has 0 amide bonds. The number of aromatic hydroxyl groups is 1. The minimum absolute atomic E-state index is 0.0597. The molecule has 1 N–H and O–H groups in total. The number of phenols is 1. The summed E-state index contributed by atoms with van der Waals surface area (Å²) < 4.78 is 41.1. The van der Waals surface area contributed by atoms with Crippen molar-refractivity contribution in [1.29, 1.82) is 0 Å². The van der Waals surface area contributed by atoms with Gasteiger partial charge in [-0.25, -0.2) is 0 Å². The minimum atomic E-state index is -3.99. The molecule has 1 atom stereocenters. The summed E-state index contributed by atoms with van der Waals surface area (Å²) in [6.07, 6.45) is -0.535. The van der Waals surface area contributed by atoms with Crippen molar-refractivity contribution in [2.24, 2.45) is 0 Å². The van der Waals surface area contributed by atoms with E-state index in [1.54, 1.807) is 13.0 Å². The molecule has 1 aliphatic heterocycles. The smallest absolute Gasteiger partial charge is 0.297 e. The minimum Gasteiger partial charge on any atom is -0.508 e. The van der Waals surface area contributed by atoms with Gasteiger partial charge >= 0.3 is 0 Å². The molecule has 1 aliphatic rings. The number of ether oxygens (including phenoxy) is 2. The molecule has 0 radical (unpaired) electrons. The number of benzene rings is 2. The predicted octanol–water partition coefficient (Wildman–Crippen LogP) is 2.55. The van der Waals surface area contributed by atoms with Gasteiger partial charge in [-0.05, 0) is 37.1 Å². The van der Waals surface area contributed by atoms with E-state index in [4.69, 9.17) is 13.7 Å². The summed E-state index contributed by atoms with van der Waals surface area (Å²) >= 11 is 0. The zero-order chi connectivity index (χ0) is 17.3. The predicted molar refractivity (Wildman–Crippen MR) is 87.1 cm³/mol. The summed E-state index contributed by atoms with van der Waals surface area (Å²) in [5.41, 5.74) is 1.45. The van der Waals surface area contributed by atoms with Crippen LogP contribution in [0.2, 0.25) is 0 Å². The van der Waals surface area contributed by atoms with Gasteiger partial charge in [0.15, 0.2) is 17.6 Å². The van der Waals surface area contributed by atoms with Crippen molar-refractivity contribution in [3.63, 3.8) is 0 Å². The van der Waals surface area contributed by atoms with E-state index in [1.807, 2.05) is 19.1 Å². The number of phenolic OH excluding ortho intramolecular Hbond substituents is 1. The lowest BCUT2D eigenvalue weighted by atomic mass is 10.2. The van der Waals surface area contributed by atoms with Crippen molar-refractivity contribution in [1.82, 2.24) is 0 Å². The van der Waals surface area contributed by atoms with Crippen LogP contribution in [0, 0.1) is 13.8 Å². The van der Waals surface area contributed by atoms with E-state index in [9.17, 15) is 13.5 Å². The largest absolute Gasteiger partial charge is 0.508 e. The molecule has 0 fully saturated rings. The molecule has 0 aromatic heterocycles. The first-order valence-electron chi connectivity index (χ1n) is 7.45. The Kier molecular flexibility index (Phi) is 4.38. The number of hydrogen-bond acceptors (Lipinski definition) is 6. The highest BCUT2D eigenvalue weighted by atomic mass is 32.2. The molecular formula is C17H18O6S. The van der Waals surface area contributed by atoms with Gasteiger partial charge in [0.05, 0.1) is 0 Å². The molecule has 2 aromatic rings. The zero-order valence-electron chi connectivity index (χ0n) is 13.4. The lowest BCUT2D eigenvalue weighted by Crippen LogP contribution is -2.34. The van der Waals surface area contributed by atoms with E-state index in [2.05, 4.69) is 0 Å². The standard InChI is InChI=1S/C17H18O6S/c1-11-6-7-13(18)8-16(11)24(19,20)22-10-14-9-21-17-12(2)4-3-5-15(17)23-14/h3-8,14,18H,9-10H2,1-2H3.